The van der Waals surface area contributed by atoms with Gasteiger partial charge in [0.15, 0.2) is 11.4 Å². The average Bonchev–Trinajstić information content (AvgIpc) is 3.30. The van der Waals surface area contributed by atoms with E-state index < -0.39 is 17.9 Å². The predicted molar refractivity (Wildman–Crippen MR) is 127 cm³/mol. The van der Waals surface area contributed by atoms with Gasteiger partial charge in [-0.2, -0.15) is 0 Å². The molecule has 0 aliphatic carbocycles. The third kappa shape index (κ3) is 5.92. The topological polar surface area (TPSA) is 103 Å². The number of hydrogen-bond acceptors (Lipinski definition) is 8. The monoisotopic (exact) mass is 468 g/mol. The van der Waals surface area contributed by atoms with E-state index in [0.717, 1.165) is 10.6 Å². The van der Waals surface area contributed by atoms with Crippen LogP contribution in [0.4, 0.5) is 0 Å². The van der Waals surface area contributed by atoms with Crippen LogP contribution in [0.5, 0.6) is 11.5 Å². The molecule has 0 spiro atoms. The van der Waals surface area contributed by atoms with E-state index in [4.69, 9.17) is 9.47 Å². The normalized spacial score (nSPS) is 11.8. The first-order chi connectivity index (χ1) is 15.8. The molecule has 1 atom stereocenters. The van der Waals surface area contributed by atoms with Crippen LogP contribution in [0.3, 0.4) is 0 Å². The summed E-state index contributed by atoms with van der Waals surface area (Å²) in [5.74, 6) is -0.281. The molecule has 3 aromatic rings. The first kappa shape index (κ1) is 24.3. The summed E-state index contributed by atoms with van der Waals surface area (Å²) in [6, 6.07) is 9.31. The SMILES string of the molecule is CCCC(=O)Oc1c(OC)ccnc1C(=O)N[C@@H](C)c1nnc(-c2cccc(C(C)C)c2)s1. The van der Waals surface area contributed by atoms with Crippen LogP contribution in [-0.4, -0.2) is 34.2 Å². The Kier molecular flexibility index (Phi) is 8.11. The minimum Gasteiger partial charge on any atom is -0.493 e. The number of methoxy groups -OCH3 is 1. The zero-order chi connectivity index (χ0) is 24.0. The maximum Gasteiger partial charge on any atom is 0.311 e. The average molecular weight is 469 g/mol. The molecule has 2 heterocycles. The lowest BCUT2D eigenvalue weighted by atomic mass is 10.0. The molecule has 174 valence electrons. The third-order valence-corrected chi connectivity index (χ3v) is 6.09. The summed E-state index contributed by atoms with van der Waals surface area (Å²) in [5.41, 5.74) is 2.18. The van der Waals surface area contributed by atoms with Crippen LogP contribution in [0.1, 0.15) is 73.6 Å². The van der Waals surface area contributed by atoms with Crippen LogP contribution in [0.2, 0.25) is 0 Å². The standard InChI is InChI=1S/C24H28N4O4S/c1-6-8-19(29)32-21-18(31-5)11-12-25-20(21)22(30)26-15(4)23-27-28-24(33-23)17-10-7-9-16(13-17)14(2)3/h7,9-15H,6,8H2,1-5H3,(H,26,30)/t15-/m0/s1. The summed E-state index contributed by atoms with van der Waals surface area (Å²) < 4.78 is 10.7. The summed E-state index contributed by atoms with van der Waals surface area (Å²) in [6.45, 7) is 7.97. The first-order valence-corrected chi connectivity index (χ1v) is 11.6. The van der Waals surface area contributed by atoms with Crippen molar-refractivity contribution in [3.63, 3.8) is 0 Å². The minimum absolute atomic E-state index is 0.00611. The van der Waals surface area contributed by atoms with Crippen molar-refractivity contribution < 1.29 is 19.1 Å². The Morgan fingerprint density at radius 2 is 1.94 bits per heavy atom. The van der Waals surface area contributed by atoms with Crippen LogP contribution < -0.4 is 14.8 Å². The number of amides is 1. The van der Waals surface area contributed by atoms with Gasteiger partial charge in [-0.15, -0.1) is 10.2 Å². The fourth-order valence-corrected chi connectivity index (χ4v) is 3.95. The van der Waals surface area contributed by atoms with E-state index in [2.05, 4.69) is 46.5 Å². The van der Waals surface area contributed by atoms with Crippen molar-refractivity contribution in [2.24, 2.45) is 0 Å². The van der Waals surface area contributed by atoms with Gasteiger partial charge >= 0.3 is 5.97 Å². The number of hydrogen-bond donors (Lipinski definition) is 1. The molecule has 0 aliphatic rings. The van der Waals surface area contributed by atoms with E-state index in [0.29, 0.717) is 17.3 Å². The fourth-order valence-electron chi connectivity index (χ4n) is 3.10. The van der Waals surface area contributed by atoms with Gasteiger partial charge in [-0.05, 0) is 30.9 Å². The Hall–Kier alpha value is -3.33. The van der Waals surface area contributed by atoms with Crippen LogP contribution in [-0.2, 0) is 4.79 Å². The third-order valence-electron chi connectivity index (χ3n) is 4.93. The quantitative estimate of drug-likeness (QED) is 0.444. The van der Waals surface area contributed by atoms with Gasteiger partial charge in [0.25, 0.3) is 5.91 Å². The van der Waals surface area contributed by atoms with Gasteiger partial charge in [0.05, 0.1) is 13.2 Å². The molecule has 33 heavy (non-hydrogen) atoms. The molecule has 1 N–H and O–H groups in total. The van der Waals surface area contributed by atoms with Crippen LogP contribution >= 0.6 is 11.3 Å². The Balaban J connectivity index is 1.79. The number of pyridine rings is 1. The molecular weight excluding hydrogens is 440 g/mol. The summed E-state index contributed by atoms with van der Waals surface area (Å²) >= 11 is 1.41. The number of rotatable bonds is 9. The molecule has 0 bridgehead atoms. The molecular formula is C24H28N4O4S. The van der Waals surface area contributed by atoms with Gasteiger partial charge in [-0.1, -0.05) is 50.3 Å². The summed E-state index contributed by atoms with van der Waals surface area (Å²) in [7, 11) is 1.44. The van der Waals surface area contributed by atoms with Crippen molar-refractivity contribution in [1.29, 1.82) is 0 Å². The van der Waals surface area contributed by atoms with Crippen molar-refractivity contribution in [3.05, 3.63) is 52.8 Å². The largest absolute Gasteiger partial charge is 0.493 e. The van der Waals surface area contributed by atoms with Crippen molar-refractivity contribution in [2.45, 2.75) is 52.5 Å². The maximum atomic E-state index is 13.0. The number of ether oxygens (including phenoxy) is 2. The highest BCUT2D eigenvalue weighted by Gasteiger charge is 2.24. The smallest absolute Gasteiger partial charge is 0.311 e. The highest BCUT2D eigenvalue weighted by molar-refractivity contribution is 7.14. The molecule has 0 aliphatic heterocycles. The summed E-state index contributed by atoms with van der Waals surface area (Å²) in [6.07, 6.45) is 2.28. The lowest BCUT2D eigenvalue weighted by Crippen LogP contribution is -2.28. The molecule has 8 nitrogen and oxygen atoms in total. The Morgan fingerprint density at radius 3 is 2.64 bits per heavy atom. The second kappa shape index (κ2) is 11.0. The summed E-state index contributed by atoms with van der Waals surface area (Å²) in [5, 5.41) is 12.9. The highest BCUT2D eigenvalue weighted by Crippen LogP contribution is 2.32. The maximum absolute atomic E-state index is 13.0. The number of esters is 1. The molecule has 2 aromatic heterocycles. The van der Waals surface area contributed by atoms with Gasteiger partial charge < -0.3 is 14.8 Å². The molecule has 0 fully saturated rings. The molecule has 9 heteroatoms. The molecule has 0 saturated carbocycles. The van der Waals surface area contributed by atoms with Gasteiger partial charge in [0.2, 0.25) is 5.75 Å². The minimum atomic E-state index is -0.501. The number of carbonyl (C=O) groups excluding carboxylic acids is 2. The predicted octanol–water partition coefficient (Wildman–Crippen LogP) is 4.93. The fraction of sp³-hybridized carbons (Fsp3) is 0.375. The number of nitrogens with zero attached hydrogens (tertiary/aromatic N) is 3. The summed E-state index contributed by atoms with van der Waals surface area (Å²) in [4.78, 5) is 29.2. The van der Waals surface area contributed by atoms with E-state index in [1.807, 2.05) is 26.0 Å². The van der Waals surface area contributed by atoms with Crippen LogP contribution in [0.15, 0.2) is 36.5 Å². The first-order valence-electron chi connectivity index (χ1n) is 10.8. The molecule has 1 amide bonds. The second-order valence-electron chi connectivity index (χ2n) is 7.84. The van der Waals surface area contributed by atoms with Gasteiger partial charge in [-0.3, -0.25) is 9.59 Å². The lowest BCUT2D eigenvalue weighted by molar-refractivity contribution is -0.134. The van der Waals surface area contributed by atoms with E-state index in [1.54, 1.807) is 0 Å². The van der Waals surface area contributed by atoms with E-state index in [1.165, 1.54) is 36.3 Å². The number of aromatic nitrogens is 3. The molecule has 0 radical (unpaired) electrons. The Morgan fingerprint density at radius 1 is 1.15 bits per heavy atom. The van der Waals surface area contributed by atoms with Gasteiger partial charge in [0.1, 0.15) is 10.0 Å². The molecule has 0 unspecified atom stereocenters. The van der Waals surface area contributed by atoms with E-state index in [9.17, 15) is 9.59 Å². The molecule has 3 rings (SSSR count). The van der Waals surface area contributed by atoms with Gasteiger partial charge in [-0.25, -0.2) is 4.98 Å². The van der Waals surface area contributed by atoms with Crippen LogP contribution in [0.25, 0.3) is 10.6 Å². The van der Waals surface area contributed by atoms with Crippen molar-refractivity contribution in [1.82, 2.24) is 20.5 Å². The molecule has 1 aromatic carbocycles. The zero-order valence-corrected chi connectivity index (χ0v) is 20.2. The number of carbonyl (C=O) groups is 2. The number of benzene rings is 1. The number of nitrogens with one attached hydrogen (secondary N) is 1. The zero-order valence-electron chi connectivity index (χ0n) is 19.4. The molecule has 0 saturated heterocycles. The van der Waals surface area contributed by atoms with Gasteiger partial charge in [0, 0.05) is 24.2 Å². The van der Waals surface area contributed by atoms with E-state index in [-0.39, 0.29) is 23.6 Å². The van der Waals surface area contributed by atoms with Crippen molar-refractivity contribution >= 4 is 23.2 Å². The van der Waals surface area contributed by atoms with E-state index >= 15 is 0 Å². The highest BCUT2D eigenvalue weighted by atomic mass is 32.1. The van der Waals surface area contributed by atoms with Crippen LogP contribution in [0, 0.1) is 0 Å². The lowest BCUT2D eigenvalue weighted by Gasteiger charge is -2.14. The second-order valence-corrected chi connectivity index (χ2v) is 8.84. The Bertz CT molecular complexity index is 1130. The Labute approximate surface area is 197 Å². The van der Waals surface area contributed by atoms with Crippen molar-refractivity contribution in [2.75, 3.05) is 7.11 Å². The van der Waals surface area contributed by atoms with Crippen molar-refractivity contribution in [3.8, 4) is 22.1 Å².